The maximum Gasteiger partial charge on any atom is 0.269 e. The average Bonchev–Trinajstić information content (AvgIpc) is 2.46. The van der Waals surface area contributed by atoms with Crippen LogP contribution in [0.4, 0.5) is 11.4 Å². The Morgan fingerprint density at radius 3 is 2.57 bits per heavy atom. The zero-order chi connectivity index (χ0) is 15.2. The number of nitro benzene ring substituents is 1. The highest BCUT2D eigenvalue weighted by Crippen LogP contribution is 2.22. The predicted molar refractivity (Wildman–Crippen MR) is 83.3 cm³/mol. The first-order valence-electron chi connectivity index (χ1n) is 6.43. The Bertz CT molecular complexity index is 629. The van der Waals surface area contributed by atoms with E-state index in [0.29, 0.717) is 23.9 Å². The van der Waals surface area contributed by atoms with Crippen LogP contribution in [-0.4, -0.2) is 18.1 Å². The van der Waals surface area contributed by atoms with Gasteiger partial charge in [-0.15, -0.1) is 0 Å². The molecule has 2 aromatic carbocycles. The van der Waals surface area contributed by atoms with Gasteiger partial charge in [0.1, 0.15) is 12.4 Å². The summed E-state index contributed by atoms with van der Waals surface area (Å²) in [6.45, 7) is 3.00. The minimum Gasteiger partial charge on any atom is -0.492 e. The van der Waals surface area contributed by atoms with Gasteiger partial charge in [-0.2, -0.15) is 0 Å². The van der Waals surface area contributed by atoms with Crippen LogP contribution in [0.15, 0.2) is 42.5 Å². The monoisotopic (exact) mass is 306 g/mol. The van der Waals surface area contributed by atoms with E-state index in [2.05, 4.69) is 5.32 Å². The normalized spacial score (nSPS) is 10.2. The molecule has 0 bridgehead atoms. The summed E-state index contributed by atoms with van der Waals surface area (Å²) in [5.41, 5.74) is 2.01. The van der Waals surface area contributed by atoms with E-state index >= 15 is 0 Å². The molecule has 0 aliphatic heterocycles. The number of nitrogens with zero attached hydrogens (tertiary/aromatic N) is 1. The SMILES string of the molecule is Cc1ccc(NCCOc2ccc([N+](=O)[O-])cc2)c(Cl)c1. The molecule has 0 unspecified atom stereocenters. The summed E-state index contributed by atoms with van der Waals surface area (Å²) >= 11 is 6.11. The van der Waals surface area contributed by atoms with Crippen LogP contribution in [0.2, 0.25) is 5.02 Å². The van der Waals surface area contributed by atoms with Gasteiger partial charge in [0.15, 0.2) is 0 Å². The van der Waals surface area contributed by atoms with Gasteiger partial charge in [-0.1, -0.05) is 17.7 Å². The van der Waals surface area contributed by atoms with Gasteiger partial charge in [0.2, 0.25) is 0 Å². The molecule has 1 N–H and O–H groups in total. The van der Waals surface area contributed by atoms with Crippen molar-refractivity contribution in [3.8, 4) is 5.75 Å². The second kappa shape index (κ2) is 6.95. The summed E-state index contributed by atoms with van der Waals surface area (Å²) < 4.78 is 5.50. The molecule has 0 spiro atoms. The molecular formula is C15H15ClN2O3. The van der Waals surface area contributed by atoms with Crippen molar-refractivity contribution in [2.75, 3.05) is 18.5 Å². The molecule has 0 fully saturated rings. The van der Waals surface area contributed by atoms with Gasteiger partial charge in [-0.25, -0.2) is 0 Å². The smallest absolute Gasteiger partial charge is 0.269 e. The number of anilines is 1. The number of benzene rings is 2. The highest BCUT2D eigenvalue weighted by molar-refractivity contribution is 6.33. The van der Waals surface area contributed by atoms with Crippen molar-refractivity contribution in [2.24, 2.45) is 0 Å². The molecule has 110 valence electrons. The molecule has 0 atom stereocenters. The number of nitrogens with one attached hydrogen (secondary N) is 1. The van der Waals surface area contributed by atoms with Gasteiger partial charge in [0.05, 0.1) is 15.6 Å². The highest BCUT2D eigenvalue weighted by atomic mass is 35.5. The Labute approximate surface area is 127 Å². The molecule has 0 heterocycles. The summed E-state index contributed by atoms with van der Waals surface area (Å²) in [5.74, 6) is 0.595. The fraction of sp³-hybridized carbons (Fsp3) is 0.200. The van der Waals surface area contributed by atoms with E-state index in [4.69, 9.17) is 16.3 Å². The van der Waals surface area contributed by atoms with Crippen molar-refractivity contribution in [3.63, 3.8) is 0 Å². The Kier molecular flexibility index (Phi) is 5.00. The van der Waals surface area contributed by atoms with Gasteiger partial charge in [-0.3, -0.25) is 10.1 Å². The van der Waals surface area contributed by atoms with E-state index in [9.17, 15) is 10.1 Å². The van der Waals surface area contributed by atoms with Gasteiger partial charge < -0.3 is 10.1 Å². The van der Waals surface area contributed by atoms with Crippen LogP contribution < -0.4 is 10.1 Å². The number of nitro groups is 1. The molecule has 2 aromatic rings. The lowest BCUT2D eigenvalue weighted by Gasteiger charge is -2.10. The maximum absolute atomic E-state index is 10.5. The first-order valence-corrected chi connectivity index (χ1v) is 6.81. The largest absolute Gasteiger partial charge is 0.492 e. The summed E-state index contributed by atoms with van der Waals surface area (Å²) in [4.78, 5) is 10.1. The van der Waals surface area contributed by atoms with Gasteiger partial charge in [0.25, 0.3) is 5.69 Å². The first-order chi connectivity index (χ1) is 10.1. The number of halogens is 1. The third-order valence-electron chi connectivity index (χ3n) is 2.86. The standard InChI is InChI=1S/C15H15ClN2O3/c1-11-2-7-15(14(16)10-11)17-8-9-21-13-5-3-12(4-6-13)18(19)20/h2-7,10,17H,8-9H2,1H3. The van der Waals surface area contributed by atoms with Gasteiger partial charge in [-0.05, 0) is 36.8 Å². The third-order valence-corrected chi connectivity index (χ3v) is 3.17. The second-order valence-corrected chi connectivity index (χ2v) is 4.92. The summed E-state index contributed by atoms with van der Waals surface area (Å²) in [6.07, 6.45) is 0. The van der Waals surface area contributed by atoms with Crippen LogP contribution in [0, 0.1) is 17.0 Å². The van der Waals surface area contributed by atoms with Crippen LogP contribution in [0.1, 0.15) is 5.56 Å². The molecule has 0 saturated heterocycles. The molecule has 21 heavy (non-hydrogen) atoms. The minimum absolute atomic E-state index is 0.0481. The number of aryl methyl sites for hydroxylation is 1. The van der Waals surface area contributed by atoms with Crippen LogP contribution in [0.5, 0.6) is 5.75 Å². The van der Waals surface area contributed by atoms with Gasteiger partial charge in [0, 0.05) is 18.7 Å². The Morgan fingerprint density at radius 2 is 1.95 bits per heavy atom. The van der Waals surface area contributed by atoms with E-state index in [1.165, 1.54) is 12.1 Å². The molecule has 2 rings (SSSR count). The fourth-order valence-electron chi connectivity index (χ4n) is 1.78. The first kappa shape index (κ1) is 15.1. The van der Waals surface area contributed by atoms with Crippen molar-refractivity contribution in [2.45, 2.75) is 6.92 Å². The number of ether oxygens (including phenoxy) is 1. The number of hydrogen-bond donors (Lipinski definition) is 1. The number of rotatable bonds is 6. The lowest BCUT2D eigenvalue weighted by atomic mass is 10.2. The molecule has 5 nitrogen and oxygen atoms in total. The van der Waals surface area contributed by atoms with E-state index in [-0.39, 0.29) is 5.69 Å². The molecular weight excluding hydrogens is 292 g/mol. The summed E-state index contributed by atoms with van der Waals surface area (Å²) in [6, 6.07) is 11.8. The van der Waals surface area contributed by atoms with Crippen molar-refractivity contribution in [1.29, 1.82) is 0 Å². The second-order valence-electron chi connectivity index (χ2n) is 4.51. The van der Waals surface area contributed by atoms with Crippen molar-refractivity contribution >= 4 is 23.0 Å². The quantitative estimate of drug-likeness (QED) is 0.497. The average molecular weight is 307 g/mol. The van der Waals surface area contributed by atoms with Crippen LogP contribution in [0.3, 0.4) is 0 Å². The third kappa shape index (κ3) is 4.36. The van der Waals surface area contributed by atoms with Crippen molar-refractivity contribution in [3.05, 3.63) is 63.2 Å². The molecule has 0 aromatic heterocycles. The van der Waals surface area contributed by atoms with E-state index < -0.39 is 4.92 Å². The maximum atomic E-state index is 10.5. The lowest BCUT2D eigenvalue weighted by molar-refractivity contribution is -0.384. The fourth-order valence-corrected chi connectivity index (χ4v) is 2.08. The molecule has 0 aliphatic carbocycles. The predicted octanol–water partition coefficient (Wildman–Crippen LogP) is 4.05. The highest BCUT2D eigenvalue weighted by Gasteiger charge is 2.04. The van der Waals surface area contributed by atoms with Crippen LogP contribution >= 0.6 is 11.6 Å². The lowest BCUT2D eigenvalue weighted by Crippen LogP contribution is -2.11. The molecule has 0 radical (unpaired) electrons. The van der Waals surface area contributed by atoms with Gasteiger partial charge >= 0.3 is 0 Å². The van der Waals surface area contributed by atoms with E-state index in [0.717, 1.165) is 11.3 Å². The number of hydrogen-bond acceptors (Lipinski definition) is 4. The summed E-state index contributed by atoms with van der Waals surface area (Å²) in [7, 11) is 0. The van der Waals surface area contributed by atoms with Crippen molar-refractivity contribution in [1.82, 2.24) is 0 Å². The Hall–Kier alpha value is -2.27. The van der Waals surface area contributed by atoms with Crippen LogP contribution in [0.25, 0.3) is 0 Å². The Balaban J connectivity index is 1.80. The van der Waals surface area contributed by atoms with E-state index in [1.54, 1.807) is 12.1 Å². The topological polar surface area (TPSA) is 64.4 Å². The Morgan fingerprint density at radius 1 is 1.24 bits per heavy atom. The molecule has 0 saturated carbocycles. The molecule has 6 heteroatoms. The minimum atomic E-state index is -0.440. The van der Waals surface area contributed by atoms with E-state index in [1.807, 2.05) is 25.1 Å². The zero-order valence-electron chi connectivity index (χ0n) is 11.5. The number of non-ortho nitro benzene ring substituents is 1. The molecule has 0 aliphatic rings. The van der Waals surface area contributed by atoms with Crippen LogP contribution in [-0.2, 0) is 0 Å². The summed E-state index contributed by atoms with van der Waals surface area (Å²) in [5, 5.41) is 14.4. The zero-order valence-corrected chi connectivity index (χ0v) is 12.3. The molecule has 0 amide bonds. The van der Waals surface area contributed by atoms with Crippen molar-refractivity contribution < 1.29 is 9.66 Å².